The fourth-order valence-electron chi connectivity index (χ4n) is 2.94. The van der Waals surface area contributed by atoms with Gasteiger partial charge in [-0.15, -0.1) is 11.3 Å². The Balaban J connectivity index is 1.60. The van der Waals surface area contributed by atoms with Gasteiger partial charge < -0.3 is 15.4 Å². The lowest BCUT2D eigenvalue weighted by Gasteiger charge is -2.34. The van der Waals surface area contributed by atoms with Crippen LogP contribution in [0.2, 0.25) is 0 Å². The number of carbonyl (C=O) groups excluding carboxylic acids is 2. The van der Waals surface area contributed by atoms with Gasteiger partial charge in [0.05, 0.1) is 19.3 Å². The zero-order valence-corrected chi connectivity index (χ0v) is 15.6. The van der Waals surface area contributed by atoms with Crippen molar-refractivity contribution >= 4 is 28.8 Å². The predicted octanol–water partition coefficient (Wildman–Crippen LogP) is 2.18. The van der Waals surface area contributed by atoms with Gasteiger partial charge in [0, 0.05) is 30.2 Å². The van der Waals surface area contributed by atoms with Crippen LogP contribution >= 0.6 is 11.3 Å². The lowest BCUT2D eigenvalue weighted by atomic mass is 10.2. The van der Waals surface area contributed by atoms with Crippen molar-refractivity contribution in [3.8, 4) is 0 Å². The Labute approximate surface area is 157 Å². The first-order valence-electron chi connectivity index (χ1n) is 8.65. The van der Waals surface area contributed by atoms with E-state index in [1.54, 1.807) is 17.4 Å². The van der Waals surface area contributed by atoms with Gasteiger partial charge in [-0.2, -0.15) is 0 Å². The standard InChI is InChI=1S/C19H23N3O3S/c1-14-5-2-3-6-15(14)21-19(24)18(23)20-13-16(17-7-4-12-26-17)22-8-10-25-11-9-22/h2-7,12,16H,8-11,13H2,1H3,(H,20,23)(H,21,24)/t16-/m1/s1. The largest absolute Gasteiger partial charge is 0.379 e. The maximum Gasteiger partial charge on any atom is 0.313 e. The molecule has 1 aliphatic heterocycles. The highest BCUT2D eigenvalue weighted by molar-refractivity contribution is 7.10. The summed E-state index contributed by atoms with van der Waals surface area (Å²) in [6.07, 6.45) is 0. The van der Waals surface area contributed by atoms with Crippen LogP contribution < -0.4 is 10.6 Å². The van der Waals surface area contributed by atoms with Gasteiger partial charge in [0.25, 0.3) is 0 Å². The third-order valence-corrected chi connectivity index (χ3v) is 5.39. The molecule has 1 saturated heterocycles. The van der Waals surface area contributed by atoms with Crippen molar-refractivity contribution in [3.05, 3.63) is 52.2 Å². The number of para-hydroxylation sites is 1. The van der Waals surface area contributed by atoms with Crippen molar-refractivity contribution < 1.29 is 14.3 Å². The summed E-state index contributed by atoms with van der Waals surface area (Å²) in [5.41, 5.74) is 1.56. The van der Waals surface area contributed by atoms with E-state index in [2.05, 4.69) is 21.6 Å². The number of aryl methyl sites for hydroxylation is 1. The summed E-state index contributed by atoms with van der Waals surface area (Å²) in [7, 11) is 0. The van der Waals surface area contributed by atoms with E-state index >= 15 is 0 Å². The second-order valence-corrected chi connectivity index (χ2v) is 7.14. The third kappa shape index (κ3) is 4.69. The SMILES string of the molecule is Cc1ccccc1NC(=O)C(=O)NC[C@H](c1cccs1)N1CCOCC1. The number of carbonyl (C=O) groups is 2. The first kappa shape index (κ1) is 18.6. The number of amides is 2. The number of anilines is 1. The highest BCUT2D eigenvalue weighted by Gasteiger charge is 2.25. The number of nitrogens with one attached hydrogen (secondary N) is 2. The molecule has 6 nitrogen and oxygen atoms in total. The number of rotatable bonds is 5. The van der Waals surface area contributed by atoms with E-state index in [4.69, 9.17) is 4.74 Å². The van der Waals surface area contributed by atoms with Gasteiger partial charge in [-0.25, -0.2) is 0 Å². The number of benzene rings is 1. The Morgan fingerprint density at radius 3 is 2.62 bits per heavy atom. The highest BCUT2D eigenvalue weighted by Crippen LogP contribution is 2.25. The quantitative estimate of drug-likeness (QED) is 0.788. The number of nitrogens with zero attached hydrogens (tertiary/aromatic N) is 1. The number of hydrogen-bond donors (Lipinski definition) is 2. The van der Waals surface area contributed by atoms with E-state index in [9.17, 15) is 9.59 Å². The van der Waals surface area contributed by atoms with Crippen LogP contribution in [0.3, 0.4) is 0 Å². The van der Waals surface area contributed by atoms with Crippen molar-refractivity contribution in [1.82, 2.24) is 10.2 Å². The molecule has 2 heterocycles. The summed E-state index contributed by atoms with van der Waals surface area (Å²) in [6, 6.07) is 11.5. The monoisotopic (exact) mass is 373 g/mol. The van der Waals surface area contributed by atoms with E-state index < -0.39 is 11.8 Å². The van der Waals surface area contributed by atoms with Crippen LogP contribution in [-0.2, 0) is 14.3 Å². The van der Waals surface area contributed by atoms with Crippen molar-refractivity contribution in [3.63, 3.8) is 0 Å². The van der Waals surface area contributed by atoms with Crippen LogP contribution in [0.1, 0.15) is 16.5 Å². The van der Waals surface area contributed by atoms with Crippen molar-refractivity contribution in [2.75, 3.05) is 38.2 Å². The van der Waals surface area contributed by atoms with Crippen LogP contribution in [0, 0.1) is 6.92 Å². The minimum absolute atomic E-state index is 0.0501. The lowest BCUT2D eigenvalue weighted by molar-refractivity contribution is -0.136. The van der Waals surface area contributed by atoms with Crippen molar-refractivity contribution in [2.24, 2.45) is 0 Å². The Kier molecular flexibility index (Phi) is 6.38. The molecule has 0 saturated carbocycles. The Bertz CT molecular complexity index is 742. The minimum Gasteiger partial charge on any atom is -0.379 e. The topological polar surface area (TPSA) is 70.7 Å². The van der Waals surface area contributed by atoms with Crippen LogP contribution in [0.25, 0.3) is 0 Å². The number of ether oxygens (including phenoxy) is 1. The van der Waals surface area contributed by atoms with Crippen LogP contribution in [0.5, 0.6) is 0 Å². The molecule has 0 radical (unpaired) electrons. The van der Waals surface area contributed by atoms with Crippen LogP contribution in [0.15, 0.2) is 41.8 Å². The molecule has 2 amide bonds. The maximum atomic E-state index is 12.3. The van der Waals surface area contributed by atoms with Gasteiger partial charge >= 0.3 is 11.8 Å². The number of thiophene rings is 1. The molecule has 1 fully saturated rings. The summed E-state index contributed by atoms with van der Waals surface area (Å²) in [4.78, 5) is 27.9. The molecule has 0 unspecified atom stereocenters. The van der Waals surface area contributed by atoms with Gasteiger partial charge in [-0.3, -0.25) is 14.5 Å². The summed E-state index contributed by atoms with van der Waals surface area (Å²) in [5.74, 6) is -1.27. The molecule has 0 spiro atoms. The molecule has 1 aromatic heterocycles. The normalized spacial score (nSPS) is 16.0. The zero-order valence-electron chi connectivity index (χ0n) is 14.7. The van der Waals surface area contributed by atoms with E-state index in [0.29, 0.717) is 25.4 Å². The average Bonchev–Trinajstić information content (AvgIpc) is 3.19. The van der Waals surface area contributed by atoms with Crippen LogP contribution in [0.4, 0.5) is 5.69 Å². The first-order chi connectivity index (χ1) is 12.6. The van der Waals surface area contributed by atoms with E-state index in [1.165, 1.54) is 4.88 Å². The molecule has 1 atom stereocenters. The van der Waals surface area contributed by atoms with E-state index in [-0.39, 0.29) is 6.04 Å². The minimum atomic E-state index is -0.647. The van der Waals surface area contributed by atoms with E-state index in [1.807, 2.05) is 36.6 Å². The summed E-state index contributed by atoms with van der Waals surface area (Å²) >= 11 is 1.65. The van der Waals surface area contributed by atoms with Crippen molar-refractivity contribution in [1.29, 1.82) is 0 Å². The second kappa shape index (κ2) is 8.93. The molecule has 2 aromatic rings. The molecule has 26 heavy (non-hydrogen) atoms. The fourth-order valence-corrected chi connectivity index (χ4v) is 3.80. The predicted molar refractivity (Wildman–Crippen MR) is 102 cm³/mol. The smallest absolute Gasteiger partial charge is 0.313 e. The van der Waals surface area contributed by atoms with Gasteiger partial charge in [-0.05, 0) is 30.0 Å². The first-order valence-corrected chi connectivity index (χ1v) is 9.53. The van der Waals surface area contributed by atoms with E-state index in [0.717, 1.165) is 18.7 Å². The Morgan fingerprint density at radius 2 is 1.92 bits per heavy atom. The molecule has 0 aliphatic carbocycles. The second-order valence-electron chi connectivity index (χ2n) is 6.16. The number of morpholine rings is 1. The Morgan fingerprint density at radius 1 is 1.15 bits per heavy atom. The average molecular weight is 373 g/mol. The fraction of sp³-hybridized carbons (Fsp3) is 0.368. The third-order valence-electron chi connectivity index (χ3n) is 4.41. The molecule has 1 aromatic carbocycles. The highest BCUT2D eigenvalue weighted by atomic mass is 32.1. The van der Waals surface area contributed by atoms with Crippen molar-refractivity contribution in [2.45, 2.75) is 13.0 Å². The molecule has 7 heteroatoms. The Hall–Kier alpha value is -2.22. The number of hydrogen-bond acceptors (Lipinski definition) is 5. The molecule has 0 bridgehead atoms. The summed E-state index contributed by atoms with van der Waals surface area (Å²) in [6.45, 7) is 5.27. The molecule has 3 rings (SSSR count). The van der Waals surface area contributed by atoms with Crippen LogP contribution in [-0.4, -0.2) is 49.6 Å². The van der Waals surface area contributed by atoms with Gasteiger partial charge in [0.15, 0.2) is 0 Å². The molecule has 1 aliphatic rings. The summed E-state index contributed by atoms with van der Waals surface area (Å²) in [5, 5.41) is 7.47. The summed E-state index contributed by atoms with van der Waals surface area (Å²) < 4.78 is 5.42. The maximum absolute atomic E-state index is 12.3. The molecular weight excluding hydrogens is 350 g/mol. The molecule has 138 valence electrons. The molecule has 2 N–H and O–H groups in total. The zero-order chi connectivity index (χ0) is 18.4. The van der Waals surface area contributed by atoms with Gasteiger partial charge in [-0.1, -0.05) is 24.3 Å². The van der Waals surface area contributed by atoms with Gasteiger partial charge in [0.1, 0.15) is 0 Å². The van der Waals surface area contributed by atoms with Gasteiger partial charge in [0.2, 0.25) is 0 Å². The lowest BCUT2D eigenvalue weighted by Crippen LogP contribution is -2.45. The molecular formula is C19H23N3O3S.